The number of aryl methyl sites for hydroxylation is 1. The van der Waals surface area contributed by atoms with Crippen LogP contribution in [0.4, 0.5) is 0 Å². The predicted molar refractivity (Wildman–Crippen MR) is 54.3 cm³/mol. The Hall–Kier alpha value is -0.970. The van der Waals surface area contributed by atoms with Gasteiger partial charge in [-0.1, -0.05) is 6.07 Å². The third kappa shape index (κ3) is 2.17. The van der Waals surface area contributed by atoms with Crippen LogP contribution < -0.4 is 0 Å². The Balaban J connectivity index is 2.29. The number of hydrogen-bond acceptors (Lipinski definition) is 4. The highest BCUT2D eigenvalue weighted by Gasteiger charge is 2.33. The van der Waals surface area contributed by atoms with Crippen molar-refractivity contribution in [2.75, 3.05) is 19.8 Å². The number of pyridine rings is 1. The number of aliphatic hydroxyl groups is 1. The molecule has 0 amide bonds. The van der Waals surface area contributed by atoms with Gasteiger partial charge in [0, 0.05) is 33.1 Å². The van der Waals surface area contributed by atoms with Gasteiger partial charge in [-0.15, -0.1) is 0 Å². The van der Waals surface area contributed by atoms with Gasteiger partial charge >= 0.3 is 0 Å². The van der Waals surface area contributed by atoms with Gasteiger partial charge in [0.25, 0.3) is 0 Å². The summed E-state index contributed by atoms with van der Waals surface area (Å²) in [4.78, 5) is 3.87. The first-order valence-corrected chi connectivity index (χ1v) is 4.64. The van der Waals surface area contributed by atoms with E-state index in [9.17, 15) is 5.11 Å². The highest BCUT2D eigenvalue weighted by Crippen LogP contribution is 2.30. The molecule has 82 valence electrons. The zero-order chi connectivity index (χ0) is 14.3. The molecule has 2 rings (SSSR count). The first-order valence-electron chi connectivity index (χ1n) is 6.64. The summed E-state index contributed by atoms with van der Waals surface area (Å²) in [5.41, 5.74) is 0.424. The van der Waals surface area contributed by atoms with Gasteiger partial charge in [0.15, 0.2) is 5.79 Å². The molecule has 2 heterocycles. The zero-order valence-corrected chi connectivity index (χ0v) is 8.36. The standard InChI is InChI=1S/C11H15NO3/c1-11(14-6-7-15-11)9-2-3-10(4-5-13)12-8-9/h2-3,8,13H,4-7H2,1H3/i4D2,5D2. The fraction of sp³-hybridized carbons (Fsp3) is 0.545. The van der Waals surface area contributed by atoms with E-state index in [1.807, 2.05) is 0 Å². The van der Waals surface area contributed by atoms with E-state index in [-0.39, 0.29) is 5.69 Å². The molecule has 4 nitrogen and oxygen atoms in total. The number of aromatic nitrogens is 1. The van der Waals surface area contributed by atoms with E-state index in [2.05, 4.69) is 4.98 Å². The second-order valence-corrected chi connectivity index (χ2v) is 3.31. The summed E-state index contributed by atoms with van der Waals surface area (Å²) < 4.78 is 40.2. The van der Waals surface area contributed by atoms with Crippen LogP contribution in [0.3, 0.4) is 0 Å². The van der Waals surface area contributed by atoms with Crippen molar-refractivity contribution >= 4 is 0 Å². The Morgan fingerprint density at radius 2 is 2.27 bits per heavy atom. The molecule has 1 saturated heterocycles. The highest BCUT2D eigenvalue weighted by atomic mass is 16.7. The lowest BCUT2D eigenvalue weighted by molar-refractivity contribution is -0.149. The molecule has 0 spiro atoms. The Morgan fingerprint density at radius 3 is 2.80 bits per heavy atom. The van der Waals surface area contributed by atoms with Gasteiger partial charge in [0.1, 0.15) is 0 Å². The second-order valence-electron chi connectivity index (χ2n) is 3.31. The molecule has 1 aliphatic rings. The highest BCUT2D eigenvalue weighted by molar-refractivity contribution is 5.19. The van der Waals surface area contributed by atoms with Gasteiger partial charge in [0.2, 0.25) is 0 Å². The summed E-state index contributed by atoms with van der Waals surface area (Å²) in [6.07, 6.45) is -1.23. The average Bonchev–Trinajstić information content (AvgIpc) is 2.76. The van der Waals surface area contributed by atoms with Crippen LogP contribution in [0.25, 0.3) is 0 Å². The molecule has 1 N–H and O–H groups in total. The Labute approximate surface area is 94.5 Å². The Morgan fingerprint density at radius 1 is 1.53 bits per heavy atom. The Kier molecular flexibility index (Phi) is 1.87. The van der Waals surface area contributed by atoms with Crippen LogP contribution >= 0.6 is 0 Å². The smallest absolute Gasteiger partial charge is 0.193 e. The lowest BCUT2D eigenvalue weighted by atomic mass is 10.1. The summed E-state index contributed by atoms with van der Waals surface area (Å²) in [5.74, 6) is -0.906. The number of rotatable bonds is 3. The fourth-order valence-electron chi connectivity index (χ4n) is 1.47. The number of hydrogen-bond donors (Lipinski definition) is 1. The van der Waals surface area contributed by atoms with Crippen molar-refractivity contribution in [1.29, 1.82) is 0 Å². The minimum absolute atomic E-state index is 0.189. The number of nitrogens with zero attached hydrogens (tertiary/aromatic N) is 1. The van der Waals surface area contributed by atoms with Gasteiger partial charge in [0.05, 0.1) is 16.0 Å². The SMILES string of the molecule is [2H]C([2H])(O)C([2H])([2H])c1ccc(C2(C)OCCO2)cn1. The van der Waals surface area contributed by atoms with E-state index in [4.69, 9.17) is 15.0 Å². The Bertz CT molecular complexity index is 452. The van der Waals surface area contributed by atoms with Crippen molar-refractivity contribution in [3.8, 4) is 0 Å². The maximum atomic E-state index is 9.20. The van der Waals surface area contributed by atoms with Crippen LogP contribution in [-0.4, -0.2) is 29.9 Å². The monoisotopic (exact) mass is 213 g/mol. The third-order valence-corrected chi connectivity index (χ3v) is 2.31. The quantitative estimate of drug-likeness (QED) is 0.808. The molecule has 4 heteroatoms. The molecule has 0 atom stereocenters. The first-order chi connectivity index (χ1) is 8.67. The van der Waals surface area contributed by atoms with E-state index in [0.29, 0.717) is 18.8 Å². The minimum atomic E-state index is -3.01. The van der Waals surface area contributed by atoms with E-state index >= 15 is 0 Å². The molecule has 0 aliphatic carbocycles. The molecule has 1 aliphatic heterocycles. The third-order valence-electron chi connectivity index (χ3n) is 2.31. The molecule has 15 heavy (non-hydrogen) atoms. The van der Waals surface area contributed by atoms with Gasteiger partial charge < -0.3 is 14.6 Å². The molecule has 0 radical (unpaired) electrons. The summed E-state index contributed by atoms with van der Waals surface area (Å²) >= 11 is 0. The second kappa shape index (κ2) is 4.26. The van der Waals surface area contributed by atoms with E-state index in [1.165, 1.54) is 12.3 Å². The van der Waals surface area contributed by atoms with Crippen molar-refractivity contribution < 1.29 is 20.1 Å². The van der Waals surface area contributed by atoms with Crippen molar-refractivity contribution in [2.24, 2.45) is 0 Å². The van der Waals surface area contributed by atoms with E-state index in [0.717, 1.165) is 0 Å². The molecule has 0 saturated carbocycles. The van der Waals surface area contributed by atoms with Crippen LogP contribution in [-0.2, 0) is 21.6 Å². The van der Waals surface area contributed by atoms with Crippen molar-refractivity contribution in [2.45, 2.75) is 19.1 Å². The fourth-order valence-corrected chi connectivity index (χ4v) is 1.47. The normalized spacial score (nSPS) is 25.2. The summed E-state index contributed by atoms with van der Waals surface area (Å²) in [6.45, 7) is -0.334. The van der Waals surface area contributed by atoms with Gasteiger partial charge in [-0.2, -0.15) is 0 Å². The summed E-state index contributed by atoms with van der Waals surface area (Å²) in [5, 5.41) is 9.20. The van der Waals surface area contributed by atoms with Gasteiger partial charge in [-0.25, -0.2) is 0 Å². The van der Waals surface area contributed by atoms with Crippen molar-refractivity contribution in [1.82, 2.24) is 4.98 Å². The minimum Gasteiger partial charge on any atom is -0.396 e. The number of ether oxygens (including phenoxy) is 2. The van der Waals surface area contributed by atoms with Crippen molar-refractivity contribution in [3.05, 3.63) is 29.6 Å². The van der Waals surface area contributed by atoms with Crippen LogP contribution in [0.15, 0.2) is 18.3 Å². The predicted octanol–water partition coefficient (Wildman–Crippen LogP) is 0.836. The molecule has 0 unspecified atom stereocenters. The lowest BCUT2D eigenvalue weighted by Gasteiger charge is -2.22. The van der Waals surface area contributed by atoms with Gasteiger partial charge in [-0.05, 0) is 13.0 Å². The summed E-state index contributed by atoms with van der Waals surface area (Å²) in [6, 6.07) is 2.87. The molecule has 1 aromatic heterocycles. The van der Waals surface area contributed by atoms with Gasteiger partial charge in [-0.3, -0.25) is 4.98 Å². The van der Waals surface area contributed by atoms with Crippen LogP contribution in [0.1, 0.15) is 23.7 Å². The van der Waals surface area contributed by atoms with E-state index in [1.54, 1.807) is 13.0 Å². The maximum absolute atomic E-state index is 9.20. The van der Waals surface area contributed by atoms with Crippen LogP contribution in [0.5, 0.6) is 0 Å². The molecule has 1 aromatic rings. The van der Waals surface area contributed by atoms with Crippen LogP contribution in [0.2, 0.25) is 0 Å². The molecule has 1 fully saturated rings. The van der Waals surface area contributed by atoms with E-state index < -0.39 is 18.7 Å². The first kappa shape index (κ1) is 6.58. The molecule has 0 aromatic carbocycles. The molecular formula is C11H15NO3. The van der Waals surface area contributed by atoms with Crippen LogP contribution in [0, 0.1) is 0 Å². The molecule has 0 bridgehead atoms. The molecular weight excluding hydrogens is 194 g/mol. The topological polar surface area (TPSA) is 51.6 Å². The largest absolute Gasteiger partial charge is 0.396 e. The lowest BCUT2D eigenvalue weighted by Crippen LogP contribution is -2.22. The zero-order valence-electron chi connectivity index (χ0n) is 12.4. The van der Waals surface area contributed by atoms with Crippen molar-refractivity contribution in [3.63, 3.8) is 0 Å². The maximum Gasteiger partial charge on any atom is 0.193 e. The average molecular weight is 213 g/mol. The summed E-state index contributed by atoms with van der Waals surface area (Å²) in [7, 11) is 0.